The summed E-state index contributed by atoms with van der Waals surface area (Å²) < 4.78 is 0. The fourth-order valence-corrected chi connectivity index (χ4v) is 2.68. The van der Waals surface area contributed by atoms with Crippen molar-refractivity contribution < 1.29 is 9.90 Å². The van der Waals surface area contributed by atoms with E-state index in [1.807, 2.05) is 13.2 Å². The van der Waals surface area contributed by atoms with Gasteiger partial charge < -0.3 is 5.11 Å². The summed E-state index contributed by atoms with van der Waals surface area (Å²) in [7, 11) is 0. The Morgan fingerprint density at radius 1 is 1.41 bits per heavy atom. The quantitative estimate of drug-likeness (QED) is 0.555. The molecule has 1 unspecified atom stereocenters. The van der Waals surface area contributed by atoms with Crippen LogP contribution in [0.5, 0.6) is 0 Å². The first-order chi connectivity index (χ1) is 10.7. The zero-order valence-corrected chi connectivity index (χ0v) is 13.2. The lowest BCUT2D eigenvalue weighted by atomic mass is 9.84. The van der Waals surface area contributed by atoms with Gasteiger partial charge in [-0.15, -0.1) is 5.10 Å². The van der Waals surface area contributed by atoms with Crippen LogP contribution in [-0.4, -0.2) is 47.9 Å². The van der Waals surface area contributed by atoms with E-state index in [9.17, 15) is 9.90 Å². The number of hydrogen-bond donors (Lipinski definition) is 2. The zero-order chi connectivity index (χ0) is 15.9. The van der Waals surface area contributed by atoms with E-state index in [1.165, 1.54) is 11.8 Å². The van der Waals surface area contributed by atoms with Crippen molar-refractivity contribution in [3.05, 3.63) is 23.8 Å². The number of H-pyrrole nitrogens is 1. The normalized spacial score (nSPS) is 13.7. The van der Waals surface area contributed by atoms with Crippen LogP contribution in [0.3, 0.4) is 0 Å². The molecule has 2 atom stereocenters. The van der Waals surface area contributed by atoms with E-state index in [0.717, 1.165) is 12.0 Å². The van der Waals surface area contributed by atoms with Gasteiger partial charge in [0.05, 0.1) is 5.92 Å². The summed E-state index contributed by atoms with van der Waals surface area (Å²) in [5.41, 5.74) is 0.863. The van der Waals surface area contributed by atoms with Crippen molar-refractivity contribution in [2.45, 2.75) is 37.3 Å². The number of aliphatic carboxylic acids is 1. The molecule has 0 spiro atoms. The van der Waals surface area contributed by atoms with E-state index >= 15 is 0 Å². The maximum atomic E-state index is 11.6. The van der Waals surface area contributed by atoms with Gasteiger partial charge in [-0.1, -0.05) is 25.1 Å². The smallest absolute Gasteiger partial charge is 0.307 e. The molecule has 2 N–H and O–H groups in total. The SMILES string of the molecule is CCCC(C(=O)O)[C@H](Cc1cnc(SC)nc1)c1nnn[nH]1. The summed E-state index contributed by atoms with van der Waals surface area (Å²) in [5, 5.41) is 23.9. The summed E-state index contributed by atoms with van der Waals surface area (Å²) in [4.78, 5) is 20.0. The van der Waals surface area contributed by atoms with Crippen LogP contribution >= 0.6 is 11.8 Å². The molecular weight excluding hydrogens is 304 g/mol. The molecule has 9 heteroatoms. The number of aromatic nitrogens is 6. The predicted octanol–water partition coefficient (Wildman–Crippen LogP) is 1.54. The fourth-order valence-electron chi connectivity index (χ4n) is 2.37. The Kier molecular flexibility index (Phi) is 5.82. The maximum absolute atomic E-state index is 11.6. The van der Waals surface area contributed by atoms with Crippen LogP contribution in [0.15, 0.2) is 17.6 Å². The van der Waals surface area contributed by atoms with E-state index in [2.05, 4.69) is 30.6 Å². The number of nitrogens with one attached hydrogen (secondary N) is 1. The van der Waals surface area contributed by atoms with Gasteiger partial charge in [-0.25, -0.2) is 15.1 Å². The molecule has 0 bridgehead atoms. The van der Waals surface area contributed by atoms with Gasteiger partial charge in [-0.2, -0.15) is 0 Å². The maximum Gasteiger partial charge on any atom is 0.307 e. The van der Waals surface area contributed by atoms with E-state index in [0.29, 0.717) is 23.8 Å². The summed E-state index contributed by atoms with van der Waals surface area (Å²) in [6, 6.07) is 0. The molecule has 118 valence electrons. The van der Waals surface area contributed by atoms with Gasteiger partial charge in [0.1, 0.15) is 0 Å². The van der Waals surface area contributed by atoms with Crippen molar-refractivity contribution in [3.63, 3.8) is 0 Å². The van der Waals surface area contributed by atoms with Gasteiger partial charge in [-0.3, -0.25) is 4.79 Å². The van der Waals surface area contributed by atoms with Crippen LogP contribution in [0, 0.1) is 5.92 Å². The first-order valence-electron chi connectivity index (χ1n) is 6.97. The minimum Gasteiger partial charge on any atom is -0.481 e. The number of carbonyl (C=O) groups is 1. The minimum atomic E-state index is -0.843. The molecule has 0 radical (unpaired) electrons. The van der Waals surface area contributed by atoms with Crippen LogP contribution in [0.25, 0.3) is 0 Å². The molecule has 0 amide bonds. The predicted molar refractivity (Wildman–Crippen MR) is 80.5 cm³/mol. The molecule has 2 rings (SSSR count). The molecule has 0 aliphatic rings. The second-order valence-corrected chi connectivity index (χ2v) is 5.68. The molecule has 2 heterocycles. The van der Waals surface area contributed by atoms with Crippen LogP contribution in [0.1, 0.15) is 37.1 Å². The van der Waals surface area contributed by atoms with Crippen LogP contribution < -0.4 is 0 Å². The highest BCUT2D eigenvalue weighted by Crippen LogP contribution is 2.29. The molecule has 0 saturated heterocycles. The standard InChI is InChI=1S/C13H18N6O2S/c1-3-4-9(12(20)21)10(11-16-18-19-17-11)5-8-6-14-13(22-2)15-7-8/h6-7,9-10H,3-5H2,1-2H3,(H,20,21)(H,16,17,18,19)/t9?,10-/m0/s1. The average molecular weight is 322 g/mol. The molecule has 0 saturated carbocycles. The average Bonchev–Trinajstić information content (AvgIpc) is 3.05. The molecule has 22 heavy (non-hydrogen) atoms. The van der Waals surface area contributed by atoms with Crippen molar-refractivity contribution in [2.75, 3.05) is 6.26 Å². The largest absolute Gasteiger partial charge is 0.481 e. The van der Waals surface area contributed by atoms with Gasteiger partial charge in [-0.05, 0) is 35.1 Å². The lowest BCUT2D eigenvalue weighted by Gasteiger charge is -2.21. The third-order valence-electron chi connectivity index (χ3n) is 3.44. The Labute approximate surface area is 132 Å². The summed E-state index contributed by atoms with van der Waals surface area (Å²) >= 11 is 1.46. The second kappa shape index (κ2) is 7.83. The highest BCUT2D eigenvalue weighted by Gasteiger charge is 2.31. The Hall–Kier alpha value is -2.03. The Balaban J connectivity index is 2.25. The highest BCUT2D eigenvalue weighted by molar-refractivity contribution is 7.98. The lowest BCUT2D eigenvalue weighted by molar-refractivity contribution is -0.142. The summed E-state index contributed by atoms with van der Waals surface area (Å²) in [5.74, 6) is -1.25. The third kappa shape index (κ3) is 4.00. The summed E-state index contributed by atoms with van der Waals surface area (Å²) in [6.45, 7) is 1.96. The monoisotopic (exact) mass is 322 g/mol. The molecule has 0 aromatic carbocycles. The van der Waals surface area contributed by atoms with Gasteiger partial charge in [0, 0.05) is 18.3 Å². The van der Waals surface area contributed by atoms with Crippen molar-refractivity contribution >= 4 is 17.7 Å². The van der Waals surface area contributed by atoms with E-state index < -0.39 is 11.9 Å². The number of aromatic amines is 1. The topological polar surface area (TPSA) is 118 Å². The minimum absolute atomic E-state index is 0.337. The number of carboxylic acids is 1. The van der Waals surface area contributed by atoms with E-state index in [4.69, 9.17) is 0 Å². The van der Waals surface area contributed by atoms with Gasteiger partial charge >= 0.3 is 5.97 Å². The van der Waals surface area contributed by atoms with Crippen LogP contribution in [0.4, 0.5) is 0 Å². The third-order valence-corrected chi connectivity index (χ3v) is 4.01. The van der Waals surface area contributed by atoms with Crippen LogP contribution in [0.2, 0.25) is 0 Å². The Bertz CT molecular complexity index is 589. The molecule has 8 nitrogen and oxygen atoms in total. The first kappa shape index (κ1) is 16.3. The molecule has 2 aromatic heterocycles. The number of tetrazole rings is 1. The highest BCUT2D eigenvalue weighted by atomic mass is 32.2. The molecule has 0 aliphatic heterocycles. The fraction of sp³-hybridized carbons (Fsp3) is 0.538. The second-order valence-electron chi connectivity index (χ2n) is 4.91. The van der Waals surface area contributed by atoms with E-state index in [-0.39, 0.29) is 5.92 Å². The van der Waals surface area contributed by atoms with Crippen molar-refractivity contribution in [2.24, 2.45) is 5.92 Å². The summed E-state index contributed by atoms with van der Waals surface area (Å²) in [6.07, 6.45) is 7.16. The number of thioether (sulfide) groups is 1. The molecule has 2 aromatic rings. The van der Waals surface area contributed by atoms with Gasteiger partial charge in [0.15, 0.2) is 11.0 Å². The van der Waals surface area contributed by atoms with Crippen molar-refractivity contribution in [3.8, 4) is 0 Å². The number of nitrogens with zero attached hydrogens (tertiary/aromatic N) is 5. The number of hydrogen-bond acceptors (Lipinski definition) is 7. The molecular formula is C13H18N6O2S. The lowest BCUT2D eigenvalue weighted by Crippen LogP contribution is -2.25. The Morgan fingerprint density at radius 3 is 2.64 bits per heavy atom. The molecule has 0 fully saturated rings. The number of rotatable bonds is 8. The van der Waals surface area contributed by atoms with Crippen LogP contribution in [-0.2, 0) is 11.2 Å². The zero-order valence-electron chi connectivity index (χ0n) is 12.4. The molecule has 0 aliphatic carbocycles. The Morgan fingerprint density at radius 2 is 2.14 bits per heavy atom. The first-order valence-corrected chi connectivity index (χ1v) is 8.19. The van der Waals surface area contributed by atoms with E-state index in [1.54, 1.807) is 12.4 Å². The van der Waals surface area contributed by atoms with Crippen molar-refractivity contribution in [1.82, 2.24) is 30.6 Å². The van der Waals surface area contributed by atoms with Crippen molar-refractivity contribution in [1.29, 1.82) is 0 Å². The number of carboxylic acid groups (broad SMARTS) is 1. The van der Waals surface area contributed by atoms with Gasteiger partial charge in [0.25, 0.3) is 0 Å². The van der Waals surface area contributed by atoms with Gasteiger partial charge in [0.2, 0.25) is 0 Å².